The second-order valence-corrected chi connectivity index (χ2v) is 9.44. The molecule has 1 aromatic rings. The number of carbonyl (C=O) groups is 5. The second kappa shape index (κ2) is 14.2. The molecule has 200 valence electrons. The van der Waals surface area contributed by atoms with E-state index in [1.807, 2.05) is 30.3 Å². The molecule has 10 heteroatoms. The summed E-state index contributed by atoms with van der Waals surface area (Å²) in [5.74, 6) is -2.58. The van der Waals surface area contributed by atoms with Crippen LogP contribution in [0.2, 0.25) is 0 Å². The van der Waals surface area contributed by atoms with Crippen LogP contribution in [0.4, 0.5) is 0 Å². The summed E-state index contributed by atoms with van der Waals surface area (Å²) in [7, 11) is 0. The maximum Gasteiger partial charge on any atom is 0.330 e. The predicted octanol–water partition coefficient (Wildman–Crippen LogP) is 0.761. The SMILES string of the molecule is CCOC(=O)/C=C/[C@H](C[C@@H]1CCNC1=O)NC(=O)[C@H](Cc1ccccc1)NC(=O)C(=O)NCCC1CC1. The zero-order valence-corrected chi connectivity index (χ0v) is 21.2. The number of hydrogen-bond acceptors (Lipinski definition) is 6. The van der Waals surface area contributed by atoms with Crippen LogP contribution in [0.3, 0.4) is 0 Å². The van der Waals surface area contributed by atoms with Crippen LogP contribution >= 0.6 is 0 Å². The molecular weight excluding hydrogens is 476 g/mol. The van der Waals surface area contributed by atoms with Crippen molar-refractivity contribution in [3.8, 4) is 0 Å². The van der Waals surface area contributed by atoms with Gasteiger partial charge in [0, 0.05) is 37.5 Å². The molecule has 1 aliphatic carbocycles. The first kappa shape index (κ1) is 27.9. The highest BCUT2D eigenvalue weighted by Crippen LogP contribution is 2.31. The van der Waals surface area contributed by atoms with Gasteiger partial charge in [0.2, 0.25) is 11.8 Å². The van der Waals surface area contributed by atoms with E-state index in [9.17, 15) is 24.0 Å². The first-order valence-electron chi connectivity index (χ1n) is 12.9. The van der Waals surface area contributed by atoms with Crippen molar-refractivity contribution in [1.29, 1.82) is 0 Å². The first-order chi connectivity index (χ1) is 17.9. The fourth-order valence-corrected chi connectivity index (χ4v) is 4.19. The average molecular weight is 513 g/mol. The van der Waals surface area contributed by atoms with Gasteiger partial charge in [0.25, 0.3) is 0 Å². The van der Waals surface area contributed by atoms with Gasteiger partial charge in [-0.1, -0.05) is 49.2 Å². The molecule has 4 N–H and O–H groups in total. The van der Waals surface area contributed by atoms with Gasteiger partial charge in [-0.05, 0) is 37.7 Å². The van der Waals surface area contributed by atoms with E-state index in [4.69, 9.17) is 4.74 Å². The van der Waals surface area contributed by atoms with Crippen LogP contribution in [0.15, 0.2) is 42.5 Å². The van der Waals surface area contributed by atoms with E-state index in [1.165, 1.54) is 12.2 Å². The third kappa shape index (κ3) is 9.70. The Balaban J connectivity index is 1.69. The molecule has 1 heterocycles. The molecule has 0 spiro atoms. The molecule has 37 heavy (non-hydrogen) atoms. The summed E-state index contributed by atoms with van der Waals surface area (Å²) in [5, 5.41) is 10.8. The van der Waals surface area contributed by atoms with Crippen molar-refractivity contribution >= 4 is 29.6 Å². The molecular formula is C27H36N4O6. The third-order valence-corrected chi connectivity index (χ3v) is 6.43. The maximum absolute atomic E-state index is 13.3. The summed E-state index contributed by atoms with van der Waals surface area (Å²) in [6.45, 7) is 2.86. The van der Waals surface area contributed by atoms with E-state index < -0.39 is 35.8 Å². The van der Waals surface area contributed by atoms with Crippen LogP contribution in [0, 0.1) is 11.8 Å². The number of nitrogens with one attached hydrogen (secondary N) is 4. The van der Waals surface area contributed by atoms with Crippen molar-refractivity contribution in [2.75, 3.05) is 19.7 Å². The van der Waals surface area contributed by atoms with E-state index in [1.54, 1.807) is 6.92 Å². The Morgan fingerprint density at radius 2 is 1.84 bits per heavy atom. The number of amides is 4. The van der Waals surface area contributed by atoms with E-state index in [-0.39, 0.29) is 31.3 Å². The van der Waals surface area contributed by atoms with Crippen LogP contribution in [-0.2, 0) is 35.1 Å². The van der Waals surface area contributed by atoms with Gasteiger partial charge in [0.05, 0.1) is 6.61 Å². The van der Waals surface area contributed by atoms with Gasteiger partial charge in [-0.3, -0.25) is 19.2 Å². The quantitative estimate of drug-likeness (QED) is 0.175. The number of ether oxygens (including phenoxy) is 1. The Kier molecular flexibility index (Phi) is 10.7. The van der Waals surface area contributed by atoms with E-state index in [0.717, 1.165) is 24.8 Å². The molecule has 1 saturated heterocycles. The van der Waals surface area contributed by atoms with Crippen LogP contribution in [0.5, 0.6) is 0 Å². The molecule has 1 aromatic carbocycles. The molecule has 1 saturated carbocycles. The molecule has 4 amide bonds. The van der Waals surface area contributed by atoms with Crippen molar-refractivity contribution in [2.45, 2.75) is 57.5 Å². The van der Waals surface area contributed by atoms with Crippen molar-refractivity contribution in [3.05, 3.63) is 48.0 Å². The van der Waals surface area contributed by atoms with Crippen LogP contribution < -0.4 is 21.3 Å². The maximum atomic E-state index is 13.3. The minimum absolute atomic E-state index is 0.110. The molecule has 1 aliphatic heterocycles. The lowest BCUT2D eigenvalue weighted by Gasteiger charge is -2.23. The third-order valence-electron chi connectivity index (χ3n) is 6.43. The van der Waals surface area contributed by atoms with Crippen LogP contribution in [-0.4, -0.2) is 61.4 Å². The summed E-state index contributed by atoms with van der Waals surface area (Å²) in [4.78, 5) is 62.3. The van der Waals surface area contributed by atoms with Gasteiger partial charge in [-0.15, -0.1) is 0 Å². The van der Waals surface area contributed by atoms with E-state index in [0.29, 0.717) is 25.4 Å². The zero-order valence-electron chi connectivity index (χ0n) is 21.2. The standard InChI is InChI=1S/C27H36N4O6/c1-2-37-23(32)11-10-21(17-20-13-15-28-24(20)33)30-25(34)22(16-19-6-4-3-5-7-19)31-27(36)26(35)29-14-12-18-8-9-18/h3-7,10-11,18,20-22H,2,8-9,12-17H2,1H3,(H,28,33)(H,29,35)(H,30,34)(H,31,36)/b11-10+/t20-,21+,22-/m0/s1. The fraction of sp³-hybridized carbons (Fsp3) is 0.519. The fourth-order valence-electron chi connectivity index (χ4n) is 4.19. The Morgan fingerprint density at radius 3 is 2.49 bits per heavy atom. The van der Waals surface area contributed by atoms with Gasteiger partial charge in [0.15, 0.2) is 0 Å². The highest BCUT2D eigenvalue weighted by molar-refractivity contribution is 6.35. The molecule has 0 unspecified atom stereocenters. The lowest BCUT2D eigenvalue weighted by Crippen LogP contribution is -2.53. The molecule has 0 bridgehead atoms. The van der Waals surface area contributed by atoms with Crippen molar-refractivity contribution in [2.24, 2.45) is 11.8 Å². The largest absolute Gasteiger partial charge is 0.463 e. The van der Waals surface area contributed by atoms with Gasteiger partial charge in [-0.2, -0.15) is 0 Å². The number of rotatable bonds is 13. The molecule has 0 aromatic heterocycles. The molecule has 10 nitrogen and oxygen atoms in total. The molecule has 2 fully saturated rings. The molecule has 2 aliphatic rings. The Labute approximate surface area is 217 Å². The monoisotopic (exact) mass is 512 g/mol. The lowest BCUT2D eigenvalue weighted by atomic mass is 9.97. The predicted molar refractivity (Wildman–Crippen MR) is 136 cm³/mol. The van der Waals surface area contributed by atoms with Crippen LogP contribution in [0.1, 0.15) is 44.6 Å². The van der Waals surface area contributed by atoms with Gasteiger partial charge < -0.3 is 26.0 Å². The molecule has 3 rings (SSSR count). The molecule has 3 atom stereocenters. The van der Waals surface area contributed by atoms with Crippen molar-refractivity contribution in [1.82, 2.24) is 21.3 Å². The minimum atomic E-state index is -1.04. The van der Waals surface area contributed by atoms with E-state index >= 15 is 0 Å². The highest BCUT2D eigenvalue weighted by Gasteiger charge is 2.30. The van der Waals surface area contributed by atoms with Crippen molar-refractivity contribution in [3.63, 3.8) is 0 Å². The summed E-state index contributed by atoms with van der Waals surface area (Å²) in [6, 6.07) is 7.42. The number of carbonyl (C=O) groups excluding carboxylic acids is 5. The van der Waals surface area contributed by atoms with Gasteiger partial charge in [0.1, 0.15) is 6.04 Å². The Hall–Kier alpha value is -3.69. The topological polar surface area (TPSA) is 143 Å². The van der Waals surface area contributed by atoms with Gasteiger partial charge >= 0.3 is 17.8 Å². The van der Waals surface area contributed by atoms with Crippen LogP contribution in [0.25, 0.3) is 0 Å². The number of esters is 1. The summed E-state index contributed by atoms with van der Waals surface area (Å²) in [6.07, 6.45) is 6.89. The summed E-state index contributed by atoms with van der Waals surface area (Å²) in [5.41, 5.74) is 0.797. The number of hydrogen-bond donors (Lipinski definition) is 4. The first-order valence-corrected chi connectivity index (χ1v) is 12.9. The summed E-state index contributed by atoms with van der Waals surface area (Å²) < 4.78 is 4.93. The lowest BCUT2D eigenvalue weighted by molar-refractivity contribution is -0.140. The van der Waals surface area contributed by atoms with Crippen molar-refractivity contribution < 1.29 is 28.7 Å². The minimum Gasteiger partial charge on any atom is -0.463 e. The second-order valence-electron chi connectivity index (χ2n) is 9.44. The van der Waals surface area contributed by atoms with Gasteiger partial charge in [-0.25, -0.2) is 4.79 Å². The summed E-state index contributed by atoms with van der Waals surface area (Å²) >= 11 is 0. The highest BCUT2D eigenvalue weighted by atomic mass is 16.5. The normalized spacial score (nSPS) is 18.5. The number of benzene rings is 1. The smallest absolute Gasteiger partial charge is 0.330 e. The van der Waals surface area contributed by atoms with E-state index in [2.05, 4.69) is 21.3 Å². The Bertz CT molecular complexity index is 992. The Morgan fingerprint density at radius 1 is 1.08 bits per heavy atom. The molecule has 0 radical (unpaired) electrons. The average Bonchev–Trinajstić information content (AvgIpc) is 3.62. The zero-order chi connectivity index (χ0) is 26.6.